The number of rotatable bonds is 21. The third kappa shape index (κ3) is 11.1. The van der Waals surface area contributed by atoms with E-state index < -0.39 is 36.5 Å². The lowest BCUT2D eigenvalue weighted by molar-refractivity contribution is -0.166. The van der Waals surface area contributed by atoms with Gasteiger partial charge < -0.3 is 50.6 Å². The van der Waals surface area contributed by atoms with Crippen molar-refractivity contribution in [2.45, 2.75) is 67.6 Å². The maximum absolute atomic E-state index is 13.3. The van der Waals surface area contributed by atoms with Gasteiger partial charge in [0.15, 0.2) is 0 Å². The lowest BCUT2D eigenvalue weighted by Gasteiger charge is -2.17. The molecule has 20 heteroatoms. The van der Waals surface area contributed by atoms with Gasteiger partial charge in [0.05, 0.1) is 52.2 Å². The van der Waals surface area contributed by atoms with Crippen molar-refractivity contribution in [1.82, 2.24) is 26.6 Å². The average molecular weight is 734 g/mol. The Morgan fingerprint density at radius 1 is 1.06 bits per heavy atom. The van der Waals surface area contributed by atoms with E-state index in [-0.39, 0.29) is 73.9 Å². The van der Waals surface area contributed by atoms with Gasteiger partial charge in [0.1, 0.15) is 18.5 Å². The summed E-state index contributed by atoms with van der Waals surface area (Å²) in [6, 6.07) is 3.84. The van der Waals surface area contributed by atoms with Gasteiger partial charge in [-0.15, -0.1) is 10.2 Å². The number of hydrogen-bond acceptors (Lipinski definition) is 12. The summed E-state index contributed by atoms with van der Waals surface area (Å²) in [6.45, 7) is 0.636. The van der Waals surface area contributed by atoms with Crippen molar-refractivity contribution in [3.8, 4) is 5.75 Å². The summed E-state index contributed by atoms with van der Waals surface area (Å²) < 4.78 is 60.7. The molecule has 0 bridgehead atoms. The number of thioether (sulfide) groups is 1. The van der Waals surface area contributed by atoms with E-state index in [9.17, 15) is 37.5 Å². The SMILES string of the molecule is COc1cc(C2(C(F)(F)F)N=N2)ccc1COC(=O)NC[C@H](O)C(=O)NCCOCCOCCNC(=O)CCCC[C@@H]1SC[C@@H]2NC(=O)N[C@@H]21. The van der Waals surface area contributed by atoms with Crippen LogP contribution in [0.1, 0.15) is 36.8 Å². The van der Waals surface area contributed by atoms with E-state index in [1.807, 2.05) is 11.8 Å². The van der Waals surface area contributed by atoms with E-state index >= 15 is 0 Å². The van der Waals surface area contributed by atoms with Gasteiger partial charge in [-0.2, -0.15) is 24.9 Å². The second-order valence-electron chi connectivity index (χ2n) is 11.6. The standard InChI is InChI=1S/C30H42F3N7O9S/c1-46-22-14-19(29(39-40-29)30(31,32)33)7-6-18(22)16-49-28(45)36-15-21(41)26(43)35-9-11-48-13-12-47-10-8-34-24(42)5-3-2-4-23-25-20(17-50-23)37-27(44)38-25/h6-7,14,20-21,23,25,41H,2-5,8-13,15-17H2,1H3,(H,34,42)(H,35,43)(H,36,45)(H2,37,38,44)/t20-,21-,23-,25-/m0/s1. The molecule has 3 aliphatic heterocycles. The highest BCUT2D eigenvalue weighted by molar-refractivity contribution is 8.00. The lowest BCUT2D eigenvalue weighted by Crippen LogP contribution is -2.43. The van der Waals surface area contributed by atoms with Crippen LogP contribution >= 0.6 is 11.8 Å². The fourth-order valence-electron chi connectivity index (χ4n) is 5.30. The van der Waals surface area contributed by atoms with Crippen molar-refractivity contribution in [3.05, 3.63) is 29.3 Å². The topological polar surface area (TPSA) is 210 Å². The molecule has 0 unspecified atom stereocenters. The molecule has 0 saturated carbocycles. The predicted molar refractivity (Wildman–Crippen MR) is 171 cm³/mol. The molecule has 6 N–H and O–H groups in total. The first-order chi connectivity index (χ1) is 23.9. The van der Waals surface area contributed by atoms with Crippen molar-refractivity contribution in [2.24, 2.45) is 10.2 Å². The number of hydrogen-bond donors (Lipinski definition) is 6. The number of ether oxygens (including phenoxy) is 4. The highest BCUT2D eigenvalue weighted by Crippen LogP contribution is 2.53. The summed E-state index contributed by atoms with van der Waals surface area (Å²) >= 11 is 1.86. The summed E-state index contributed by atoms with van der Waals surface area (Å²) in [5.41, 5.74) is -2.58. The van der Waals surface area contributed by atoms with Crippen LogP contribution in [0.5, 0.6) is 5.75 Å². The molecule has 278 valence electrons. The molecule has 0 aromatic heterocycles. The van der Waals surface area contributed by atoms with Gasteiger partial charge in [-0.1, -0.05) is 18.6 Å². The first-order valence-corrected chi connectivity index (χ1v) is 17.1. The van der Waals surface area contributed by atoms with Crippen LogP contribution < -0.4 is 31.3 Å². The van der Waals surface area contributed by atoms with E-state index in [2.05, 4.69) is 36.8 Å². The Morgan fingerprint density at radius 2 is 1.78 bits per heavy atom. The van der Waals surface area contributed by atoms with E-state index in [0.717, 1.165) is 37.1 Å². The fourth-order valence-corrected chi connectivity index (χ4v) is 6.85. The minimum atomic E-state index is -4.70. The van der Waals surface area contributed by atoms with Crippen molar-refractivity contribution in [1.29, 1.82) is 0 Å². The Bertz CT molecular complexity index is 1370. The number of methoxy groups -OCH3 is 1. The summed E-state index contributed by atoms with van der Waals surface area (Å²) in [4.78, 5) is 47.6. The highest BCUT2D eigenvalue weighted by Gasteiger charge is 2.65. The molecule has 0 spiro atoms. The lowest BCUT2D eigenvalue weighted by atomic mass is 10.0. The number of carbonyl (C=O) groups excluding carboxylic acids is 4. The smallest absolute Gasteiger partial charge is 0.442 e. The van der Waals surface area contributed by atoms with Crippen LogP contribution in [-0.2, 0) is 36.1 Å². The van der Waals surface area contributed by atoms with Crippen LogP contribution in [0.4, 0.5) is 22.8 Å². The number of urea groups is 1. The summed E-state index contributed by atoms with van der Waals surface area (Å²) in [6.07, 6.45) is -4.19. The molecule has 3 aliphatic rings. The van der Waals surface area contributed by atoms with Gasteiger partial charge in [0, 0.05) is 41.6 Å². The quantitative estimate of drug-likeness (QED) is 0.0792. The molecule has 1 aromatic rings. The maximum atomic E-state index is 13.3. The third-order valence-electron chi connectivity index (χ3n) is 8.05. The van der Waals surface area contributed by atoms with E-state index in [4.69, 9.17) is 18.9 Å². The molecule has 50 heavy (non-hydrogen) atoms. The number of alkyl carbamates (subject to hydrolysis) is 1. The summed E-state index contributed by atoms with van der Waals surface area (Å²) in [7, 11) is 1.25. The number of amides is 5. The largest absolute Gasteiger partial charge is 0.496 e. The number of aliphatic hydroxyl groups excluding tert-OH is 1. The van der Waals surface area contributed by atoms with Crippen LogP contribution in [0.25, 0.3) is 0 Å². The third-order valence-corrected chi connectivity index (χ3v) is 9.56. The first-order valence-electron chi connectivity index (χ1n) is 16.1. The molecular weight excluding hydrogens is 691 g/mol. The van der Waals surface area contributed by atoms with Crippen molar-refractivity contribution in [2.75, 3.05) is 58.9 Å². The van der Waals surface area contributed by atoms with Gasteiger partial charge in [-0.25, -0.2) is 9.59 Å². The van der Waals surface area contributed by atoms with E-state index in [1.54, 1.807) is 0 Å². The number of halogens is 3. The molecule has 5 amide bonds. The molecular formula is C30H42F3N7O9S. The van der Waals surface area contributed by atoms with Crippen LogP contribution in [0.15, 0.2) is 28.4 Å². The Labute approximate surface area is 290 Å². The van der Waals surface area contributed by atoms with Gasteiger partial charge in [0.25, 0.3) is 5.91 Å². The van der Waals surface area contributed by atoms with Gasteiger partial charge in [-0.05, 0) is 18.9 Å². The van der Waals surface area contributed by atoms with Crippen molar-refractivity contribution >= 4 is 35.7 Å². The number of nitrogens with one attached hydrogen (secondary N) is 5. The second-order valence-corrected chi connectivity index (χ2v) is 12.9. The average Bonchev–Trinajstić information content (AvgIpc) is 3.73. The Hall–Kier alpha value is -3.88. The molecule has 16 nitrogen and oxygen atoms in total. The molecule has 0 aliphatic carbocycles. The Kier molecular flexibility index (Phi) is 14.3. The van der Waals surface area contributed by atoms with Crippen LogP contribution in [0, 0.1) is 0 Å². The van der Waals surface area contributed by atoms with Crippen LogP contribution in [-0.4, -0.2) is 118 Å². The molecule has 2 fully saturated rings. The Balaban J connectivity index is 0.950. The minimum Gasteiger partial charge on any atom is -0.496 e. The van der Waals surface area contributed by atoms with Crippen molar-refractivity contribution in [3.63, 3.8) is 0 Å². The number of fused-ring (bicyclic) bond motifs is 1. The summed E-state index contributed by atoms with van der Waals surface area (Å²) in [5.74, 6) is 0.154. The number of nitrogens with zero attached hydrogens (tertiary/aromatic N) is 2. The fraction of sp³-hybridized carbons (Fsp3) is 0.667. The zero-order valence-corrected chi connectivity index (χ0v) is 28.2. The van der Waals surface area contributed by atoms with Gasteiger partial charge in [0.2, 0.25) is 5.91 Å². The number of carbonyl (C=O) groups is 4. The molecule has 2 saturated heterocycles. The van der Waals surface area contributed by atoms with Crippen molar-refractivity contribution < 1.29 is 56.4 Å². The second kappa shape index (κ2) is 18.4. The van der Waals surface area contributed by atoms with Crippen LogP contribution in [0.2, 0.25) is 0 Å². The van der Waals surface area contributed by atoms with E-state index in [0.29, 0.717) is 24.8 Å². The monoisotopic (exact) mass is 733 g/mol. The van der Waals surface area contributed by atoms with E-state index in [1.165, 1.54) is 13.2 Å². The number of aliphatic hydroxyl groups is 1. The normalized spacial score (nSPS) is 20.7. The van der Waals surface area contributed by atoms with Gasteiger partial charge >= 0.3 is 24.0 Å². The molecule has 3 heterocycles. The molecule has 4 atom stereocenters. The molecule has 0 radical (unpaired) electrons. The van der Waals surface area contributed by atoms with Crippen LogP contribution in [0.3, 0.4) is 0 Å². The zero-order valence-electron chi connectivity index (χ0n) is 27.4. The maximum Gasteiger partial charge on any atom is 0.442 e. The highest BCUT2D eigenvalue weighted by atomic mass is 32.2. The summed E-state index contributed by atoms with van der Waals surface area (Å²) in [5, 5.41) is 30.1. The molecule has 4 rings (SSSR count). The molecule has 1 aromatic carbocycles. The minimum absolute atomic E-state index is 0.0315. The number of benzene rings is 1. The number of unbranched alkanes of at least 4 members (excludes halogenated alkanes) is 1. The number of alkyl halides is 3. The predicted octanol–water partition coefficient (Wildman–Crippen LogP) is 1.45. The Morgan fingerprint density at radius 3 is 2.46 bits per heavy atom. The zero-order chi connectivity index (χ0) is 36.1. The first kappa shape index (κ1) is 38.9. The van der Waals surface area contributed by atoms with Gasteiger partial charge in [-0.3, -0.25) is 9.59 Å².